The Morgan fingerprint density at radius 1 is 1.28 bits per heavy atom. The van der Waals surface area contributed by atoms with Gasteiger partial charge in [0.1, 0.15) is 6.10 Å². The van der Waals surface area contributed by atoms with Crippen LogP contribution in [0.4, 0.5) is 0 Å². The van der Waals surface area contributed by atoms with Gasteiger partial charge in [0, 0.05) is 6.61 Å². The van der Waals surface area contributed by atoms with Gasteiger partial charge in [-0.3, -0.25) is 0 Å². The predicted molar refractivity (Wildman–Crippen MR) is 78.7 cm³/mol. The minimum Gasteiger partial charge on any atom is -0.437 e. The third-order valence-corrected chi connectivity index (χ3v) is 10.4. The van der Waals surface area contributed by atoms with Gasteiger partial charge in [0.15, 0.2) is 8.32 Å². The van der Waals surface area contributed by atoms with E-state index in [1.54, 1.807) is 0 Å². The second-order valence-corrected chi connectivity index (χ2v) is 14.8. The van der Waals surface area contributed by atoms with Crippen molar-refractivity contribution >= 4 is 26.6 Å². The van der Waals surface area contributed by atoms with Gasteiger partial charge in [-0.05, 0) is 45.2 Å². The lowest BCUT2D eigenvalue weighted by molar-refractivity contribution is 0.116. The highest BCUT2D eigenvalue weighted by molar-refractivity contribution is 6.83. The molecule has 1 aliphatic rings. The first-order valence-corrected chi connectivity index (χ1v) is 13.9. The smallest absolute Gasteiger partial charge is 0.314 e. The number of hydrogen-bond acceptors (Lipinski definition) is 4. The van der Waals surface area contributed by atoms with Gasteiger partial charge in [-0.25, -0.2) is 0 Å². The van der Waals surface area contributed by atoms with E-state index in [0.717, 1.165) is 32.3 Å². The van der Waals surface area contributed by atoms with Crippen LogP contribution >= 0.6 is 0 Å². The molecule has 0 bridgehead atoms. The number of rotatable bonds is 10. The molecule has 1 saturated heterocycles. The SMILES string of the molecule is C[Si]O[Si](C)(CCCOCC1CO1)O[Si](C)(C)C. The maximum absolute atomic E-state index is 6.29. The van der Waals surface area contributed by atoms with Crippen molar-refractivity contribution in [2.45, 2.75) is 51.3 Å². The highest BCUT2D eigenvalue weighted by Gasteiger charge is 2.35. The van der Waals surface area contributed by atoms with Crippen molar-refractivity contribution in [2.24, 2.45) is 0 Å². The Bertz CT molecular complexity index is 243. The lowest BCUT2D eigenvalue weighted by Gasteiger charge is -2.33. The van der Waals surface area contributed by atoms with Gasteiger partial charge >= 0.3 is 8.56 Å². The maximum atomic E-state index is 6.29. The molecule has 0 aliphatic carbocycles. The normalized spacial score (nSPS) is 22.8. The van der Waals surface area contributed by atoms with Gasteiger partial charge in [0.2, 0.25) is 9.76 Å². The van der Waals surface area contributed by atoms with E-state index in [1.165, 1.54) is 0 Å². The molecule has 18 heavy (non-hydrogen) atoms. The Kier molecular flexibility index (Phi) is 6.73. The van der Waals surface area contributed by atoms with Crippen molar-refractivity contribution in [1.82, 2.24) is 0 Å². The Morgan fingerprint density at radius 2 is 1.94 bits per heavy atom. The topological polar surface area (TPSA) is 40.2 Å². The monoisotopic (exact) mass is 306 g/mol. The fourth-order valence-electron chi connectivity index (χ4n) is 1.86. The molecule has 7 heteroatoms. The highest BCUT2D eigenvalue weighted by Crippen LogP contribution is 2.21. The molecule has 2 atom stereocenters. The second-order valence-electron chi connectivity index (χ2n) is 5.79. The van der Waals surface area contributed by atoms with Crippen molar-refractivity contribution in [1.29, 1.82) is 0 Å². The van der Waals surface area contributed by atoms with Gasteiger partial charge in [-0.15, -0.1) is 0 Å². The summed E-state index contributed by atoms with van der Waals surface area (Å²) in [7, 11) is -3.00. The zero-order valence-corrected chi connectivity index (χ0v) is 15.2. The second kappa shape index (κ2) is 7.32. The fourth-order valence-corrected chi connectivity index (χ4v) is 10.9. The zero-order chi connectivity index (χ0) is 13.6. The quantitative estimate of drug-likeness (QED) is 0.353. The molecule has 0 saturated carbocycles. The van der Waals surface area contributed by atoms with Gasteiger partial charge < -0.3 is 17.7 Å². The Morgan fingerprint density at radius 3 is 2.44 bits per heavy atom. The highest BCUT2D eigenvalue weighted by atomic mass is 28.5. The van der Waals surface area contributed by atoms with Gasteiger partial charge in [-0.2, -0.15) is 0 Å². The van der Waals surface area contributed by atoms with Crippen LogP contribution in [0.5, 0.6) is 0 Å². The molecule has 4 nitrogen and oxygen atoms in total. The average molecular weight is 307 g/mol. The van der Waals surface area contributed by atoms with Crippen LogP contribution in [0, 0.1) is 0 Å². The largest absolute Gasteiger partial charge is 0.437 e. The summed E-state index contributed by atoms with van der Waals surface area (Å²) >= 11 is 0. The summed E-state index contributed by atoms with van der Waals surface area (Å²) in [6.07, 6.45) is 1.38. The fraction of sp³-hybridized carbons (Fsp3) is 1.00. The van der Waals surface area contributed by atoms with Crippen molar-refractivity contribution in [2.75, 3.05) is 19.8 Å². The minimum absolute atomic E-state index is 0.361. The first kappa shape index (κ1) is 16.5. The van der Waals surface area contributed by atoms with Crippen molar-refractivity contribution in [3.8, 4) is 0 Å². The van der Waals surface area contributed by atoms with Crippen LogP contribution in [0.3, 0.4) is 0 Å². The molecule has 106 valence electrons. The van der Waals surface area contributed by atoms with Crippen LogP contribution in [0.15, 0.2) is 0 Å². The lowest BCUT2D eigenvalue weighted by Crippen LogP contribution is -2.47. The van der Waals surface area contributed by atoms with E-state index in [1.807, 2.05) is 0 Å². The van der Waals surface area contributed by atoms with Crippen LogP contribution in [0.2, 0.25) is 38.8 Å². The summed E-state index contributed by atoms with van der Waals surface area (Å²) in [5.41, 5.74) is 0. The third-order valence-electron chi connectivity index (χ3n) is 2.47. The van der Waals surface area contributed by atoms with E-state index < -0.39 is 16.9 Å². The van der Waals surface area contributed by atoms with Crippen LogP contribution in [-0.4, -0.2) is 52.6 Å². The Balaban J connectivity index is 2.21. The Labute approximate surface area is 116 Å². The molecule has 0 amide bonds. The van der Waals surface area contributed by atoms with Gasteiger partial charge in [-0.1, -0.05) is 0 Å². The molecule has 0 N–H and O–H groups in total. The van der Waals surface area contributed by atoms with Crippen LogP contribution in [-0.2, 0) is 17.7 Å². The summed E-state index contributed by atoms with van der Waals surface area (Å²) in [6.45, 7) is 13.3. The van der Waals surface area contributed by atoms with Crippen LogP contribution in [0.1, 0.15) is 6.42 Å². The average Bonchev–Trinajstić information content (AvgIpc) is 2.98. The van der Waals surface area contributed by atoms with E-state index in [0.29, 0.717) is 15.9 Å². The first-order valence-electron chi connectivity index (χ1n) is 6.59. The first-order chi connectivity index (χ1) is 8.35. The maximum Gasteiger partial charge on any atom is 0.314 e. The molecular formula is C11H26O4Si3. The van der Waals surface area contributed by atoms with Gasteiger partial charge in [0.25, 0.3) is 0 Å². The molecule has 1 heterocycles. The number of ether oxygens (including phenoxy) is 2. The molecule has 2 unspecified atom stereocenters. The predicted octanol–water partition coefficient (Wildman–Crippen LogP) is 2.40. The molecule has 0 aromatic heterocycles. The van der Waals surface area contributed by atoms with E-state index in [-0.39, 0.29) is 0 Å². The summed E-state index contributed by atoms with van der Waals surface area (Å²) in [5, 5.41) is 0. The zero-order valence-electron chi connectivity index (χ0n) is 12.2. The summed E-state index contributed by atoms with van der Waals surface area (Å²) in [5.74, 6) is 0. The number of epoxide rings is 1. The summed E-state index contributed by atoms with van der Waals surface area (Å²) in [6, 6.07) is 1.02. The van der Waals surface area contributed by atoms with E-state index >= 15 is 0 Å². The molecule has 1 rings (SSSR count). The van der Waals surface area contributed by atoms with Crippen molar-refractivity contribution in [3.63, 3.8) is 0 Å². The lowest BCUT2D eigenvalue weighted by atomic mass is 10.5. The minimum atomic E-state index is -1.98. The van der Waals surface area contributed by atoms with E-state index in [4.69, 9.17) is 17.7 Å². The third kappa shape index (κ3) is 7.82. The molecular weight excluding hydrogens is 280 g/mol. The van der Waals surface area contributed by atoms with Crippen LogP contribution in [0.25, 0.3) is 0 Å². The van der Waals surface area contributed by atoms with E-state index in [2.05, 4.69) is 32.7 Å². The number of hydrogen-bond donors (Lipinski definition) is 0. The van der Waals surface area contributed by atoms with Crippen molar-refractivity contribution in [3.05, 3.63) is 0 Å². The summed E-state index contributed by atoms with van der Waals surface area (Å²) in [4.78, 5) is 0. The van der Waals surface area contributed by atoms with E-state index in [9.17, 15) is 0 Å². The molecule has 1 fully saturated rings. The van der Waals surface area contributed by atoms with Crippen LogP contribution < -0.4 is 0 Å². The van der Waals surface area contributed by atoms with Gasteiger partial charge in [0.05, 0.1) is 13.2 Å². The molecule has 1 aliphatic heterocycles. The summed E-state index contributed by atoms with van der Waals surface area (Å²) < 4.78 is 22.9. The molecule has 2 radical (unpaired) electrons. The Hall–Kier alpha value is 0.491. The molecule has 0 aromatic rings. The molecule has 0 spiro atoms. The molecule has 0 aromatic carbocycles. The standard InChI is InChI=1S/C11H26O4Si3/c1-16-14-18(5,15-17(2,3)4)8-6-7-12-9-11-10-13-11/h11H,6-10H2,1-5H3. The van der Waals surface area contributed by atoms with Crippen molar-refractivity contribution < 1.29 is 17.7 Å².